The van der Waals surface area contributed by atoms with Crippen molar-refractivity contribution in [3.8, 4) is 0 Å². The van der Waals surface area contributed by atoms with E-state index >= 15 is 0 Å². The number of allylic oxidation sites excluding steroid dienone is 4. The van der Waals surface area contributed by atoms with Gasteiger partial charge >= 0.3 is 19.8 Å². The molecule has 0 aliphatic rings. The second-order valence-electron chi connectivity index (χ2n) is 11.0. The van der Waals surface area contributed by atoms with Gasteiger partial charge in [-0.3, -0.25) is 18.6 Å². The minimum Gasteiger partial charge on any atom is -0.462 e. The third kappa shape index (κ3) is 30.3. The summed E-state index contributed by atoms with van der Waals surface area (Å²) in [6.45, 7) is 3.60. The smallest absolute Gasteiger partial charge is 0.462 e. The standard InChI is InChI=1S/C33H62NO8P/c1-3-5-7-9-11-13-15-17-19-21-23-25-32(35)39-29-31(30-41-43(37,38)40-28-27-34)42-33(36)26-24-22-20-18-16-14-12-10-8-6-4-2/h9-12,31H,3-8,13-30,34H2,1-2H3,(H,37,38)/b11-9-,12-10+/t31-/m0/s1. The Labute approximate surface area is 261 Å². The van der Waals surface area contributed by atoms with Crippen LogP contribution in [0.15, 0.2) is 24.3 Å². The Balaban J connectivity index is 4.32. The fourth-order valence-corrected chi connectivity index (χ4v) is 5.01. The number of phosphoric ester groups is 1. The average Bonchev–Trinajstić information content (AvgIpc) is 2.99. The Hall–Kier alpha value is -1.51. The van der Waals surface area contributed by atoms with Crippen molar-refractivity contribution in [2.24, 2.45) is 5.73 Å². The zero-order valence-corrected chi connectivity index (χ0v) is 28.1. The van der Waals surface area contributed by atoms with Crippen LogP contribution in [0.3, 0.4) is 0 Å². The summed E-state index contributed by atoms with van der Waals surface area (Å²) in [6, 6.07) is 0. The van der Waals surface area contributed by atoms with Gasteiger partial charge in [0.1, 0.15) is 6.61 Å². The van der Waals surface area contributed by atoms with Gasteiger partial charge in [-0.05, 0) is 51.4 Å². The van der Waals surface area contributed by atoms with Crippen LogP contribution in [-0.2, 0) is 32.7 Å². The van der Waals surface area contributed by atoms with Crippen LogP contribution in [0.5, 0.6) is 0 Å². The summed E-state index contributed by atoms with van der Waals surface area (Å²) in [6.07, 6.45) is 27.8. The molecule has 252 valence electrons. The first kappa shape index (κ1) is 41.5. The number of carbonyl (C=O) groups is 2. The van der Waals surface area contributed by atoms with E-state index in [1.165, 1.54) is 25.7 Å². The van der Waals surface area contributed by atoms with Crippen LogP contribution in [0.4, 0.5) is 0 Å². The largest absolute Gasteiger partial charge is 0.472 e. The minimum absolute atomic E-state index is 0.0513. The summed E-state index contributed by atoms with van der Waals surface area (Å²) < 4.78 is 32.5. The number of nitrogens with two attached hydrogens (primary N) is 1. The van der Waals surface area contributed by atoms with Gasteiger partial charge in [-0.2, -0.15) is 0 Å². The van der Waals surface area contributed by atoms with Crippen LogP contribution in [-0.4, -0.2) is 49.3 Å². The van der Waals surface area contributed by atoms with Crippen LogP contribution in [0, 0.1) is 0 Å². The lowest BCUT2D eigenvalue weighted by molar-refractivity contribution is -0.161. The number of ether oxygens (including phenoxy) is 2. The highest BCUT2D eigenvalue weighted by Gasteiger charge is 2.25. The third-order valence-electron chi connectivity index (χ3n) is 6.81. The Morgan fingerprint density at radius 3 is 1.65 bits per heavy atom. The zero-order chi connectivity index (χ0) is 31.9. The van der Waals surface area contributed by atoms with E-state index in [-0.39, 0.29) is 32.6 Å². The number of rotatable bonds is 31. The van der Waals surface area contributed by atoms with Crippen molar-refractivity contribution < 1.29 is 37.6 Å². The maximum atomic E-state index is 12.4. The SMILES string of the molecule is CCCC/C=C\CCCCCCCC(=O)OC[C@@H](COP(=O)(O)OCCN)OC(=O)CCCCCCC/C=C/CCCC. The Bertz CT molecular complexity index is 774. The second kappa shape index (κ2) is 30.5. The molecule has 0 rings (SSSR count). The lowest BCUT2D eigenvalue weighted by atomic mass is 10.1. The Morgan fingerprint density at radius 1 is 0.674 bits per heavy atom. The molecule has 10 heteroatoms. The topological polar surface area (TPSA) is 134 Å². The number of hydrogen-bond acceptors (Lipinski definition) is 8. The van der Waals surface area contributed by atoms with Gasteiger partial charge in [0.2, 0.25) is 0 Å². The van der Waals surface area contributed by atoms with E-state index in [0.29, 0.717) is 6.42 Å². The molecule has 0 aromatic rings. The molecule has 0 saturated heterocycles. The molecule has 9 nitrogen and oxygen atoms in total. The molecule has 0 fully saturated rings. The predicted molar refractivity (Wildman–Crippen MR) is 174 cm³/mol. The Kier molecular flexibility index (Phi) is 29.4. The van der Waals surface area contributed by atoms with Gasteiger partial charge < -0.3 is 20.1 Å². The summed E-state index contributed by atoms with van der Waals surface area (Å²) >= 11 is 0. The minimum atomic E-state index is -4.36. The van der Waals surface area contributed by atoms with Crippen LogP contribution in [0.2, 0.25) is 0 Å². The van der Waals surface area contributed by atoms with Crippen molar-refractivity contribution in [2.75, 3.05) is 26.4 Å². The number of hydrogen-bond donors (Lipinski definition) is 2. The van der Waals surface area contributed by atoms with E-state index < -0.39 is 32.5 Å². The summed E-state index contributed by atoms with van der Waals surface area (Å²) in [5.41, 5.74) is 5.31. The molecule has 0 heterocycles. The van der Waals surface area contributed by atoms with Gasteiger partial charge in [0, 0.05) is 19.4 Å². The fraction of sp³-hybridized carbons (Fsp3) is 0.818. The molecule has 0 aliphatic heterocycles. The maximum absolute atomic E-state index is 12.4. The van der Waals surface area contributed by atoms with Crippen molar-refractivity contribution in [1.82, 2.24) is 0 Å². The van der Waals surface area contributed by atoms with Gasteiger partial charge in [-0.1, -0.05) is 102 Å². The van der Waals surface area contributed by atoms with Crippen molar-refractivity contribution in [3.63, 3.8) is 0 Å². The van der Waals surface area contributed by atoms with Crippen molar-refractivity contribution in [1.29, 1.82) is 0 Å². The lowest BCUT2D eigenvalue weighted by Gasteiger charge is -2.19. The van der Waals surface area contributed by atoms with E-state index in [2.05, 4.69) is 38.2 Å². The monoisotopic (exact) mass is 631 g/mol. The molecule has 0 aromatic heterocycles. The van der Waals surface area contributed by atoms with Gasteiger partial charge in [0.25, 0.3) is 0 Å². The highest BCUT2D eigenvalue weighted by atomic mass is 31.2. The van der Waals surface area contributed by atoms with Gasteiger partial charge in [0.15, 0.2) is 6.10 Å². The third-order valence-corrected chi connectivity index (χ3v) is 7.79. The molecule has 0 saturated carbocycles. The highest BCUT2D eigenvalue weighted by Crippen LogP contribution is 2.43. The first-order chi connectivity index (χ1) is 20.8. The summed E-state index contributed by atoms with van der Waals surface area (Å²) in [7, 11) is -4.36. The molecule has 0 aliphatic carbocycles. The van der Waals surface area contributed by atoms with Gasteiger partial charge in [0.05, 0.1) is 13.2 Å². The maximum Gasteiger partial charge on any atom is 0.472 e. The van der Waals surface area contributed by atoms with E-state index in [0.717, 1.165) is 83.5 Å². The first-order valence-corrected chi connectivity index (χ1v) is 18.3. The predicted octanol–water partition coefficient (Wildman–Crippen LogP) is 8.49. The number of unbranched alkanes of at least 4 members (excludes halogenated alkanes) is 14. The number of phosphoric acid groups is 1. The summed E-state index contributed by atoms with van der Waals surface area (Å²) in [5, 5.41) is 0. The highest BCUT2D eigenvalue weighted by molar-refractivity contribution is 7.47. The van der Waals surface area contributed by atoms with Gasteiger partial charge in [-0.25, -0.2) is 4.57 Å². The van der Waals surface area contributed by atoms with Crippen LogP contribution < -0.4 is 5.73 Å². The molecule has 0 radical (unpaired) electrons. The fourth-order valence-electron chi connectivity index (χ4n) is 4.24. The quantitative estimate of drug-likeness (QED) is 0.0334. The molecule has 0 aromatic carbocycles. The van der Waals surface area contributed by atoms with Crippen molar-refractivity contribution in [3.05, 3.63) is 24.3 Å². The van der Waals surface area contributed by atoms with E-state index in [1.807, 2.05) is 0 Å². The molecule has 1 unspecified atom stereocenters. The van der Waals surface area contributed by atoms with Crippen LogP contribution >= 0.6 is 7.82 Å². The molecular formula is C33H62NO8P. The van der Waals surface area contributed by atoms with E-state index in [4.69, 9.17) is 24.3 Å². The summed E-state index contributed by atoms with van der Waals surface area (Å²) in [4.78, 5) is 34.5. The second-order valence-corrected chi connectivity index (χ2v) is 12.5. The Morgan fingerprint density at radius 2 is 1.14 bits per heavy atom. The first-order valence-electron chi connectivity index (χ1n) is 16.8. The molecule has 2 atom stereocenters. The average molecular weight is 632 g/mol. The molecule has 0 spiro atoms. The van der Waals surface area contributed by atoms with Crippen LogP contribution in [0.1, 0.15) is 142 Å². The molecular weight excluding hydrogens is 569 g/mol. The van der Waals surface area contributed by atoms with Crippen molar-refractivity contribution in [2.45, 2.75) is 148 Å². The zero-order valence-electron chi connectivity index (χ0n) is 27.2. The number of carbonyl (C=O) groups excluding carboxylic acids is 2. The molecule has 3 N–H and O–H groups in total. The summed E-state index contributed by atoms with van der Waals surface area (Å²) in [5.74, 6) is -0.856. The number of esters is 2. The lowest BCUT2D eigenvalue weighted by Crippen LogP contribution is -2.29. The molecule has 0 bridgehead atoms. The van der Waals surface area contributed by atoms with Crippen LogP contribution in [0.25, 0.3) is 0 Å². The van der Waals surface area contributed by atoms with Gasteiger partial charge in [-0.15, -0.1) is 0 Å². The van der Waals surface area contributed by atoms with E-state index in [1.54, 1.807) is 0 Å². The normalized spacial score (nSPS) is 13.9. The molecule has 43 heavy (non-hydrogen) atoms. The molecule has 0 amide bonds. The van der Waals surface area contributed by atoms with E-state index in [9.17, 15) is 19.0 Å². The van der Waals surface area contributed by atoms with Crippen molar-refractivity contribution >= 4 is 19.8 Å².